The number of aliphatic carboxylic acids is 1. The molecule has 0 radical (unpaired) electrons. The molecule has 1 heterocycles. The van der Waals surface area contributed by atoms with Crippen LogP contribution >= 0.6 is 0 Å². The minimum atomic E-state index is -1.18. The maximum atomic E-state index is 11.0. The molecule has 80 valence electrons. The predicted octanol–water partition coefficient (Wildman–Crippen LogP) is -0.365. The van der Waals surface area contributed by atoms with Crippen LogP contribution in [0.15, 0.2) is 16.7 Å². The van der Waals surface area contributed by atoms with Gasteiger partial charge in [0.05, 0.1) is 6.54 Å². The Morgan fingerprint density at radius 2 is 2.27 bits per heavy atom. The Morgan fingerprint density at radius 3 is 2.80 bits per heavy atom. The minimum Gasteiger partial charge on any atom is -0.478 e. The molecule has 1 aromatic heterocycles. The van der Waals surface area contributed by atoms with E-state index in [4.69, 9.17) is 9.63 Å². The summed E-state index contributed by atoms with van der Waals surface area (Å²) < 4.78 is 4.72. The zero-order valence-corrected chi connectivity index (χ0v) is 7.93. The molecule has 2 N–H and O–H groups in total. The Kier molecular flexibility index (Phi) is 3.55. The third-order valence-electron chi connectivity index (χ3n) is 1.36. The van der Waals surface area contributed by atoms with Crippen molar-refractivity contribution in [2.75, 3.05) is 0 Å². The van der Waals surface area contributed by atoms with Gasteiger partial charge in [-0.15, -0.1) is 0 Å². The Labute approximate surface area is 84.8 Å². The van der Waals surface area contributed by atoms with E-state index in [0.717, 1.165) is 12.2 Å². The fourth-order valence-corrected chi connectivity index (χ4v) is 0.780. The van der Waals surface area contributed by atoms with E-state index in [1.807, 2.05) is 0 Å². The first-order valence-corrected chi connectivity index (χ1v) is 4.06. The molecule has 0 atom stereocenters. The van der Waals surface area contributed by atoms with E-state index < -0.39 is 11.9 Å². The first kappa shape index (κ1) is 10.9. The van der Waals surface area contributed by atoms with Gasteiger partial charge in [-0.3, -0.25) is 4.79 Å². The molecule has 0 aromatic carbocycles. The third kappa shape index (κ3) is 4.03. The van der Waals surface area contributed by atoms with Crippen LogP contribution in [0.25, 0.3) is 0 Å². The summed E-state index contributed by atoms with van der Waals surface area (Å²) in [6, 6.07) is 0. The van der Waals surface area contributed by atoms with Gasteiger partial charge in [0.1, 0.15) is 0 Å². The van der Waals surface area contributed by atoms with Crippen LogP contribution in [0, 0.1) is 6.92 Å². The Balaban J connectivity index is 2.37. The van der Waals surface area contributed by atoms with Gasteiger partial charge < -0.3 is 14.9 Å². The van der Waals surface area contributed by atoms with Gasteiger partial charge in [-0.1, -0.05) is 5.16 Å². The number of nitrogens with zero attached hydrogens (tertiary/aromatic N) is 2. The van der Waals surface area contributed by atoms with Crippen LogP contribution in [0.2, 0.25) is 0 Å². The molecule has 0 bridgehead atoms. The number of carboxylic acid groups (broad SMARTS) is 1. The van der Waals surface area contributed by atoms with Gasteiger partial charge in [-0.25, -0.2) is 4.79 Å². The molecule has 0 unspecified atom stereocenters. The van der Waals surface area contributed by atoms with Crippen LogP contribution in [-0.2, 0) is 16.1 Å². The standard InChI is InChI=1S/C8H9N3O4/c1-5-10-7(15-11-5)4-9-6(12)2-3-8(13)14/h2-3H,4H2,1H3,(H,9,12)(H,13,14)/b3-2+. The van der Waals surface area contributed by atoms with Gasteiger partial charge in [0, 0.05) is 12.2 Å². The van der Waals surface area contributed by atoms with Crippen molar-refractivity contribution in [1.29, 1.82) is 0 Å². The average Bonchev–Trinajstić information content (AvgIpc) is 2.58. The lowest BCUT2D eigenvalue weighted by atomic mass is 10.4. The van der Waals surface area contributed by atoms with Gasteiger partial charge in [0.25, 0.3) is 0 Å². The number of amides is 1. The topological polar surface area (TPSA) is 105 Å². The Hall–Kier alpha value is -2.18. The summed E-state index contributed by atoms with van der Waals surface area (Å²) >= 11 is 0. The van der Waals surface area contributed by atoms with E-state index in [1.54, 1.807) is 6.92 Å². The molecule has 15 heavy (non-hydrogen) atoms. The maximum Gasteiger partial charge on any atom is 0.328 e. The van der Waals surface area contributed by atoms with Gasteiger partial charge in [0.2, 0.25) is 11.8 Å². The highest BCUT2D eigenvalue weighted by atomic mass is 16.5. The zero-order chi connectivity index (χ0) is 11.3. The number of nitrogens with one attached hydrogen (secondary N) is 1. The lowest BCUT2D eigenvalue weighted by Gasteiger charge is -1.95. The van der Waals surface area contributed by atoms with Gasteiger partial charge in [-0.2, -0.15) is 4.98 Å². The predicted molar refractivity (Wildman–Crippen MR) is 47.7 cm³/mol. The van der Waals surface area contributed by atoms with Crippen molar-refractivity contribution in [2.45, 2.75) is 13.5 Å². The second-order valence-electron chi connectivity index (χ2n) is 2.62. The van der Waals surface area contributed by atoms with E-state index in [-0.39, 0.29) is 12.4 Å². The van der Waals surface area contributed by atoms with Crippen molar-refractivity contribution < 1.29 is 19.2 Å². The number of carbonyl (C=O) groups excluding carboxylic acids is 1. The van der Waals surface area contributed by atoms with Crippen molar-refractivity contribution in [2.24, 2.45) is 0 Å². The van der Waals surface area contributed by atoms with Gasteiger partial charge >= 0.3 is 5.97 Å². The van der Waals surface area contributed by atoms with Crippen LogP contribution in [0.3, 0.4) is 0 Å². The molecule has 0 spiro atoms. The van der Waals surface area contributed by atoms with Crippen molar-refractivity contribution in [3.05, 3.63) is 23.9 Å². The van der Waals surface area contributed by atoms with Crippen molar-refractivity contribution in [3.8, 4) is 0 Å². The fraction of sp³-hybridized carbons (Fsp3) is 0.250. The summed E-state index contributed by atoms with van der Waals surface area (Å²) in [5, 5.41) is 14.1. The van der Waals surface area contributed by atoms with Crippen molar-refractivity contribution in [3.63, 3.8) is 0 Å². The number of rotatable bonds is 4. The lowest BCUT2D eigenvalue weighted by Crippen LogP contribution is -2.20. The first-order valence-electron chi connectivity index (χ1n) is 4.06. The molecule has 7 nitrogen and oxygen atoms in total. The van der Waals surface area contributed by atoms with Crippen LogP contribution in [0.4, 0.5) is 0 Å². The first-order chi connectivity index (χ1) is 7.08. The molecular weight excluding hydrogens is 202 g/mol. The highest BCUT2D eigenvalue weighted by Gasteiger charge is 2.03. The number of hydrogen-bond acceptors (Lipinski definition) is 5. The molecular formula is C8H9N3O4. The van der Waals surface area contributed by atoms with E-state index >= 15 is 0 Å². The third-order valence-corrected chi connectivity index (χ3v) is 1.36. The monoisotopic (exact) mass is 211 g/mol. The van der Waals surface area contributed by atoms with E-state index in [9.17, 15) is 9.59 Å². The van der Waals surface area contributed by atoms with Crippen molar-refractivity contribution >= 4 is 11.9 Å². The molecule has 0 saturated heterocycles. The van der Waals surface area contributed by atoms with Crippen LogP contribution in [-0.4, -0.2) is 27.1 Å². The molecule has 0 aliphatic carbocycles. The molecule has 1 aromatic rings. The average molecular weight is 211 g/mol. The normalized spacial score (nSPS) is 10.5. The minimum absolute atomic E-state index is 0.0730. The van der Waals surface area contributed by atoms with E-state index in [1.165, 1.54) is 0 Å². The summed E-state index contributed by atoms with van der Waals surface area (Å²) in [5.41, 5.74) is 0. The Morgan fingerprint density at radius 1 is 1.53 bits per heavy atom. The summed E-state index contributed by atoms with van der Waals surface area (Å²) in [4.78, 5) is 24.9. The van der Waals surface area contributed by atoms with E-state index in [0.29, 0.717) is 5.82 Å². The second-order valence-corrected chi connectivity index (χ2v) is 2.62. The molecule has 7 heteroatoms. The largest absolute Gasteiger partial charge is 0.478 e. The van der Waals surface area contributed by atoms with Crippen LogP contribution in [0.1, 0.15) is 11.7 Å². The van der Waals surface area contributed by atoms with Crippen LogP contribution < -0.4 is 5.32 Å². The number of aryl methyl sites for hydroxylation is 1. The summed E-state index contributed by atoms with van der Waals surface area (Å²) in [6.45, 7) is 1.72. The number of carbonyl (C=O) groups is 2. The molecule has 0 aliphatic rings. The summed E-state index contributed by atoms with van der Waals surface area (Å²) in [5.74, 6) is -0.975. The van der Waals surface area contributed by atoms with Crippen LogP contribution in [0.5, 0.6) is 0 Å². The fourth-order valence-electron chi connectivity index (χ4n) is 0.780. The zero-order valence-electron chi connectivity index (χ0n) is 7.93. The number of carboxylic acids is 1. The quantitative estimate of drug-likeness (QED) is 0.658. The second kappa shape index (κ2) is 4.89. The van der Waals surface area contributed by atoms with E-state index in [2.05, 4.69) is 15.5 Å². The molecule has 0 fully saturated rings. The lowest BCUT2D eigenvalue weighted by molar-refractivity contribution is -0.131. The Bertz CT molecular complexity index is 396. The summed E-state index contributed by atoms with van der Waals surface area (Å²) in [7, 11) is 0. The smallest absolute Gasteiger partial charge is 0.328 e. The van der Waals surface area contributed by atoms with Crippen molar-refractivity contribution in [1.82, 2.24) is 15.5 Å². The molecule has 1 amide bonds. The molecule has 0 saturated carbocycles. The summed E-state index contributed by atoms with van der Waals surface area (Å²) in [6.07, 6.45) is 1.65. The highest BCUT2D eigenvalue weighted by molar-refractivity contribution is 5.93. The number of aromatic nitrogens is 2. The SMILES string of the molecule is Cc1noc(CNC(=O)/C=C/C(=O)O)n1. The molecule has 1 rings (SSSR count). The van der Waals surface area contributed by atoms with Gasteiger partial charge in [-0.05, 0) is 6.92 Å². The highest BCUT2D eigenvalue weighted by Crippen LogP contribution is 1.94. The molecule has 0 aliphatic heterocycles. The maximum absolute atomic E-state index is 11.0. The number of hydrogen-bond donors (Lipinski definition) is 2. The van der Waals surface area contributed by atoms with Gasteiger partial charge in [0.15, 0.2) is 5.82 Å².